The Morgan fingerprint density at radius 2 is 2.18 bits per heavy atom. The van der Waals surface area contributed by atoms with Crippen LogP contribution in [-0.4, -0.2) is 55.9 Å². The van der Waals surface area contributed by atoms with Gasteiger partial charge in [-0.25, -0.2) is 0 Å². The molecule has 0 aromatic carbocycles. The molecule has 98 valence electrons. The van der Waals surface area contributed by atoms with Crippen LogP contribution in [0.2, 0.25) is 0 Å². The monoisotopic (exact) mass is 242 g/mol. The second-order valence-electron chi connectivity index (χ2n) is 4.91. The van der Waals surface area contributed by atoms with Crippen LogP contribution in [0.1, 0.15) is 25.7 Å². The van der Waals surface area contributed by atoms with Gasteiger partial charge in [0.2, 0.25) is 0 Å². The fraction of sp³-hybridized carbons (Fsp3) is 0.917. The van der Waals surface area contributed by atoms with Crippen LogP contribution < -0.4 is 5.73 Å². The van der Waals surface area contributed by atoms with Crippen LogP contribution in [-0.2, 0) is 14.3 Å². The van der Waals surface area contributed by atoms with Gasteiger partial charge >= 0.3 is 0 Å². The Hall–Kier alpha value is -0.650. The summed E-state index contributed by atoms with van der Waals surface area (Å²) in [5.41, 5.74) is 5.53. The van der Waals surface area contributed by atoms with Crippen molar-refractivity contribution in [3.8, 4) is 0 Å². The molecule has 0 radical (unpaired) electrons. The second-order valence-corrected chi connectivity index (χ2v) is 4.91. The van der Waals surface area contributed by atoms with Crippen LogP contribution in [0, 0.1) is 0 Å². The van der Waals surface area contributed by atoms with E-state index in [1.54, 1.807) is 4.90 Å². The lowest BCUT2D eigenvalue weighted by molar-refractivity contribution is -0.142. The van der Waals surface area contributed by atoms with Gasteiger partial charge in [-0.2, -0.15) is 0 Å². The average Bonchev–Trinajstić information content (AvgIpc) is 2.98. The van der Waals surface area contributed by atoms with E-state index in [4.69, 9.17) is 15.2 Å². The Bertz CT molecular complexity index is 266. The molecule has 17 heavy (non-hydrogen) atoms. The van der Waals surface area contributed by atoms with Gasteiger partial charge in [-0.1, -0.05) is 0 Å². The second kappa shape index (κ2) is 5.80. The van der Waals surface area contributed by atoms with Crippen LogP contribution in [0.4, 0.5) is 0 Å². The number of carbonyl (C=O) groups is 1. The van der Waals surface area contributed by atoms with Crippen LogP contribution in [0.15, 0.2) is 0 Å². The van der Waals surface area contributed by atoms with Crippen molar-refractivity contribution in [2.24, 2.45) is 5.73 Å². The van der Waals surface area contributed by atoms with Gasteiger partial charge in [0.15, 0.2) is 0 Å². The molecule has 0 saturated carbocycles. The first-order chi connectivity index (χ1) is 8.20. The third-order valence-corrected chi connectivity index (χ3v) is 3.52. The molecule has 2 saturated heterocycles. The maximum atomic E-state index is 12.1. The summed E-state index contributed by atoms with van der Waals surface area (Å²) in [5.74, 6) is 0.0662. The normalized spacial score (nSPS) is 32.9. The van der Waals surface area contributed by atoms with Gasteiger partial charge in [-0.05, 0) is 25.7 Å². The van der Waals surface area contributed by atoms with E-state index in [0.29, 0.717) is 13.1 Å². The van der Waals surface area contributed by atoms with Crippen molar-refractivity contribution >= 4 is 5.91 Å². The zero-order valence-corrected chi connectivity index (χ0v) is 10.4. The van der Waals surface area contributed by atoms with Crippen molar-refractivity contribution < 1.29 is 14.3 Å². The van der Waals surface area contributed by atoms with Gasteiger partial charge in [0.25, 0.3) is 5.91 Å². The Kier molecular flexibility index (Phi) is 4.36. The Morgan fingerprint density at radius 1 is 1.35 bits per heavy atom. The highest BCUT2D eigenvalue weighted by Gasteiger charge is 2.32. The van der Waals surface area contributed by atoms with E-state index in [9.17, 15) is 4.79 Å². The number of nitrogens with zero attached hydrogens (tertiary/aromatic N) is 1. The molecular formula is C12H22N2O3. The first-order valence-corrected chi connectivity index (χ1v) is 6.43. The van der Waals surface area contributed by atoms with Gasteiger partial charge < -0.3 is 20.1 Å². The maximum absolute atomic E-state index is 12.1. The minimum atomic E-state index is -0.296. The van der Waals surface area contributed by atoms with Gasteiger partial charge in [0.1, 0.15) is 6.10 Å². The van der Waals surface area contributed by atoms with Crippen LogP contribution in [0.25, 0.3) is 0 Å². The molecule has 2 N–H and O–H groups in total. The number of nitrogens with two attached hydrogens (primary N) is 1. The number of hydrogen-bond donors (Lipinski definition) is 1. The highest BCUT2D eigenvalue weighted by atomic mass is 16.5. The summed E-state index contributed by atoms with van der Waals surface area (Å²) in [7, 11) is 1.82. The summed E-state index contributed by atoms with van der Waals surface area (Å²) in [6.07, 6.45) is 3.79. The molecule has 2 aliphatic heterocycles. The van der Waals surface area contributed by atoms with Crippen molar-refractivity contribution in [1.82, 2.24) is 4.90 Å². The summed E-state index contributed by atoms with van der Waals surface area (Å²) in [4.78, 5) is 13.8. The maximum Gasteiger partial charge on any atom is 0.251 e. The molecule has 0 aromatic heterocycles. The first kappa shape index (κ1) is 12.8. The molecule has 0 bridgehead atoms. The predicted molar refractivity (Wildman–Crippen MR) is 63.6 cm³/mol. The third kappa shape index (κ3) is 3.18. The molecule has 2 aliphatic rings. The van der Waals surface area contributed by atoms with Crippen LogP contribution >= 0.6 is 0 Å². The quantitative estimate of drug-likeness (QED) is 0.761. The molecule has 0 aromatic rings. The third-order valence-electron chi connectivity index (χ3n) is 3.52. The lowest BCUT2D eigenvalue weighted by Crippen LogP contribution is -2.40. The Labute approximate surface area is 102 Å². The lowest BCUT2D eigenvalue weighted by Gasteiger charge is -2.23. The number of amides is 1. The largest absolute Gasteiger partial charge is 0.376 e. The van der Waals surface area contributed by atoms with E-state index in [2.05, 4.69) is 0 Å². The number of hydrogen-bond acceptors (Lipinski definition) is 4. The lowest BCUT2D eigenvalue weighted by atomic mass is 10.1. The zero-order chi connectivity index (χ0) is 12.3. The number of likely N-dealkylation sites (N-methyl/N-ethyl adjacent to an activating group) is 1. The topological polar surface area (TPSA) is 64.8 Å². The molecule has 5 heteroatoms. The summed E-state index contributed by atoms with van der Waals surface area (Å²) < 4.78 is 11.1. The van der Waals surface area contributed by atoms with E-state index in [1.165, 1.54) is 0 Å². The highest BCUT2D eigenvalue weighted by molar-refractivity contribution is 5.81. The molecule has 3 atom stereocenters. The predicted octanol–water partition coefficient (Wildman–Crippen LogP) is 0.130. The van der Waals surface area contributed by atoms with E-state index in [-0.39, 0.29) is 24.2 Å². The molecule has 2 heterocycles. The van der Waals surface area contributed by atoms with E-state index >= 15 is 0 Å². The fourth-order valence-corrected chi connectivity index (χ4v) is 2.49. The number of carbonyl (C=O) groups excluding carboxylic acids is 1. The van der Waals surface area contributed by atoms with E-state index < -0.39 is 0 Å². The molecule has 2 fully saturated rings. The molecule has 0 aliphatic carbocycles. The molecule has 5 nitrogen and oxygen atoms in total. The van der Waals surface area contributed by atoms with Crippen molar-refractivity contribution in [2.75, 3.05) is 26.7 Å². The molecule has 1 amide bonds. The minimum absolute atomic E-state index is 0.0556. The zero-order valence-electron chi connectivity index (χ0n) is 10.4. The highest BCUT2D eigenvalue weighted by Crippen LogP contribution is 2.21. The Balaban J connectivity index is 1.78. The van der Waals surface area contributed by atoms with Crippen molar-refractivity contribution in [3.63, 3.8) is 0 Å². The minimum Gasteiger partial charge on any atom is -0.376 e. The molecule has 3 unspecified atom stereocenters. The van der Waals surface area contributed by atoms with E-state index in [0.717, 1.165) is 32.3 Å². The van der Waals surface area contributed by atoms with Gasteiger partial charge in [-0.3, -0.25) is 4.79 Å². The Morgan fingerprint density at radius 3 is 2.76 bits per heavy atom. The summed E-state index contributed by atoms with van der Waals surface area (Å²) in [6, 6.07) is 0. The van der Waals surface area contributed by atoms with Gasteiger partial charge in [0, 0.05) is 26.7 Å². The first-order valence-electron chi connectivity index (χ1n) is 6.43. The smallest absolute Gasteiger partial charge is 0.251 e. The summed E-state index contributed by atoms with van der Waals surface area (Å²) in [6.45, 7) is 1.99. The average molecular weight is 242 g/mol. The molecule has 0 spiro atoms. The summed E-state index contributed by atoms with van der Waals surface area (Å²) in [5, 5.41) is 0. The molecule has 2 rings (SSSR count). The van der Waals surface area contributed by atoms with Crippen molar-refractivity contribution in [3.05, 3.63) is 0 Å². The fourth-order valence-electron chi connectivity index (χ4n) is 2.49. The summed E-state index contributed by atoms with van der Waals surface area (Å²) >= 11 is 0. The number of ether oxygens (including phenoxy) is 2. The van der Waals surface area contributed by atoms with Crippen LogP contribution in [0.5, 0.6) is 0 Å². The van der Waals surface area contributed by atoms with Gasteiger partial charge in [0.05, 0.1) is 12.2 Å². The molecular weight excluding hydrogens is 220 g/mol. The van der Waals surface area contributed by atoms with Crippen LogP contribution in [0.3, 0.4) is 0 Å². The van der Waals surface area contributed by atoms with Gasteiger partial charge in [-0.15, -0.1) is 0 Å². The number of rotatable bonds is 4. The van der Waals surface area contributed by atoms with E-state index in [1.807, 2.05) is 7.05 Å². The van der Waals surface area contributed by atoms with Crippen molar-refractivity contribution in [1.29, 1.82) is 0 Å². The van der Waals surface area contributed by atoms with Crippen molar-refractivity contribution in [2.45, 2.75) is 44.0 Å². The SMILES string of the molecule is CN(CC1CCCO1)C(=O)C1CCC(CN)O1. The standard InChI is InChI=1S/C12H22N2O3/c1-14(8-10-3-2-6-16-10)12(15)11-5-4-9(7-13)17-11/h9-11H,2-8,13H2,1H3.